The molecular formula is C25H30N4O4S. The van der Waals surface area contributed by atoms with Gasteiger partial charge in [0.25, 0.3) is 11.5 Å². The lowest BCUT2D eigenvalue weighted by molar-refractivity contribution is 0.0979. The van der Waals surface area contributed by atoms with E-state index in [1.54, 1.807) is 0 Å². The number of anilines is 2. The zero-order chi connectivity index (χ0) is 24.1. The molecule has 0 unspecified atom stereocenters. The molecule has 1 aliphatic rings. The third kappa shape index (κ3) is 5.15. The molecule has 34 heavy (non-hydrogen) atoms. The number of nitrogen functional groups attached to an aromatic ring is 1. The van der Waals surface area contributed by atoms with Crippen LogP contribution >= 0.6 is 11.3 Å². The predicted octanol–water partition coefficient (Wildman–Crippen LogP) is 3.18. The fourth-order valence-electron chi connectivity index (χ4n) is 4.34. The van der Waals surface area contributed by atoms with E-state index in [9.17, 15) is 14.4 Å². The maximum atomic E-state index is 13.7. The van der Waals surface area contributed by atoms with Crippen molar-refractivity contribution >= 4 is 28.7 Å². The highest BCUT2D eigenvalue weighted by atomic mass is 32.1. The minimum atomic E-state index is -0.689. The van der Waals surface area contributed by atoms with Gasteiger partial charge in [0.15, 0.2) is 5.69 Å². The first-order valence-corrected chi connectivity index (χ1v) is 12.4. The zero-order valence-corrected chi connectivity index (χ0v) is 20.2. The van der Waals surface area contributed by atoms with E-state index in [1.165, 1.54) is 51.2 Å². The van der Waals surface area contributed by atoms with E-state index in [2.05, 4.69) is 4.98 Å². The van der Waals surface area contributed by atoms with E-state index in [4.69, 9.17) is 10.5 Å². The Kier molecular flexibility index (Phi) is 7.64. The number of hydrogen-bond donors (Lipinski definition) is 2. The van der Waals surface area contributed by atoms with Crippen molar-refractivity contribution < 1.29 is 9.53 Å². The van der Waals surface area contributed by atoms with E-state index in [0.717, 1.165) is 31.2 Å². The summed E-state index contributed by atoms with van der Waals surface area (Å²) in [6, 6.07) is 11.3. The van der Waals surface area contributed by atoms with E-state index in [-0.39, 0.29) is 37.1 Å². The fourth-order valence-corrected chi connectivity index (χ4v) is 5.54. The molecule has 4 rings (SSSR count). The maximum Gasteiger partial charge on any atom is 0.330 e. The summed E-state index contributed by atoms with van der Waals surface area (Å²) in [5, 5.41) is 0. The van der Waals surface area contributed by atoms with Crippen molar-refractivity contribution in [3.63, 3.8) is 0 Å². The number of aromatic amines is 1. The number of carbonyl (C=O) groups excluding carboxylic acids is 1. The number of hydrogen-bond acceptors (Lipinski definition) is 6. The molecule has 3 aromatic rings. The molecule has 0 saturated heterocycles. The molecule has 0 spiro atoms. The lowest BCUT2D eigenvalue weighted by atomic mass is 10.00. The van der Waals surface area contributed by atoms with Gasteiger partial charge in [-0.1, -0.05) is 43.2 Å². The van der Waals surface area contributed by atoms with Gasteiger partial charge in [0, 0.05) is 18.5 Å². The van der Waals surface area contributed by atoms with Crippen molar-refractivity contribution in [2.24, 2.45) is 0 Å². The van der Waals surface area contributed by atoms with Crippen LogP contribution in [0.1, 0.15) is 51.4 Å². The molecule has 0 atom stereocenters. The first-order chi connectivity index (χ1) is 16.5. The normalized spacial score (nSPS) is 13.7. The van der Waals surface area contributed by atoms with E-state index in [1.807, 2.05) is 36.4 Å². The molecule has 9 heteroatoms. The van der Waals surface area contributed by atoms with Crippen LogP contribution in [0.25, 0.3) is 0 Å². The maximum absolute atomic E-state index is 13.7. The number of amides is 1. The number of rotatable bonds is 7. The van der Waals surface area contributed by atoms with Crippen LogP contribution in [0.4, 0.5) is 11.5 Å². The molecule has 0 bridgehead atoms. The van der Waals surface area contributed by atoms with Gasteiger partial charge >= 0.3 is 5.69 Å². The van der Waals surface area contributed by atoms with Gasteiger partial charge in [0.2, 0.25) is 0 Å². The second-order valence-electron chi connectivity index (χ2n) is 8.49. The highest BCUT2D eigenvalue weighted by Crippen LogP contribution is 2.30. The minimum absolute atomic E-state index is 0.0293. The molecule has 1 aromatic carbocycles. The van der Waals surface area contributed by atoms with Gasteiger partial charge in [-0.15, -0.1) is 11.3 Å². The quantitative estimate of drug-likeness (QED) is 0.537. The van der Waals surface area contributed by atoms with Crippen molar-refractivity contribution in [1.82, 2.24) is 9.55 Å². The summed E-state index contributed by atoms with van der Waals surface area (Å²) in [5.74, 6) is -0.354. The standard InChI is InChI=1S/C25H30N4O4S/c1-33-14-13-28(24(31)20-15-18-11-7-2-3-8-12-19(18)34-20)21-22(26)29(25(32)27-23(21)30)16-17-9-5-4-6-10-17/h4-6,9-10,15H,2-3,7-8,11-14,16,26H2,1H3,(H,27,30,32). The van der Waals surface area contributed by atoms with Crippen molar-refractivity contribution in [2.75, 3.05) is 30.9 Å². The predicted molar refractivity (Wildman–Crippen MR) is 135 cm³/mol. The number of benzene rings is 1. The van der Waals surface area contributed by atoms with Crippen LogP contribution in [0.2, 0.25) is 0 Å². The number of nitrogens with one attached hydrogen (secondary N) is 1. The highest BCUT2D eigenvalue weighted by Gasteiger charge is 2.27. The summed E-state index contributed by atoms with van der Waals surface area (Å²) >= 11 is 1.49. The van der Waals surface area contributed by atoms with Gasteiger partial charge in [-0.2, -0.15) is 0 Å². The van der Waals surface area contributed by atoms with Crippen LogP contribution in [-0.2, 0) is 24.1 Å². The number of thiophene rings is 1. The van der Waals surface area contributed by atoms with Crippen LogP contribution in [0.15, 0.2) is 46.0 Å². The Morgan fingerprint density at radius 3 is 2.62 bits per heavy atom. The molecule has 2 heterocycles. The van der Waals surface area contributed by atoms with Crippen molar-refractivity contribution in [3.05, 3.63) is 78.1 Å². The van der Waals surface area contributed by atoms with Crippen LogP contribution < -0.4 is 21.9 Å². The molecule has 0 fully saturated rings. The van der Waals surface area contributed by atoms with Gasteiger partial charge < -0.3 is 10.5 Å². The Morgan fingerprint density at radius 1 is 1.15 bits per heavy atom. The van der Waals surface area contributed by atoms with E-state index >= 15 is 0 Å². The number of fused-ring (bicyclic) bond motifs is 1. The molecule has 180 valence electrons. The molecule has 3 N–H and O–H groups in total. The monoisotopic (exact) mass is 482 g/mol. The Bertz CT molecular complexity index is 1240. The van der Waals surface area contributed by atoms with Gasteiger partial charge in [-0.05, 0) is 42.9 Å². The molecule has 8 nitrogen and oxygen atoms in total. The number of H-pyrrole nitrogens is 1. The largest absolute Gasteiger partial charge is 0.383 e. The van der Waals surface area contributed by atoms with Crippen molar-refractivity contribution in [3.8, 4) is 0 Å². The Hall–Kier alpha value is -3.17. The number of methoxy groups -OCH3 is 1. The molecule has 2 aromatic heterocycles. The number of nitrogens with zero attached hydrogens (tertiary/aromatic N) is 2. The van der Waals surface area contributed by atoms with Gasteiger partial charge in [-0.25, -0.2) is 4.79 Å². The molecule has 0 aliphatic heterocycles. The minimum Gasteiger partial charge on any atom is -0.383 e. The Labute approximate surface area is 202 Å². The molecular weight excluding hydrogens is 452 g/mol. The fraction of sp³-hybridized carbons (Fsp3) is 0.400. The second-order valence-corrected chi connectivity index (χ2v) is 9.62. The third-order valence-corrected chi connectivity index (χ3v) is 7.36. The van der Waals surface area contributed by atoms with Gasteiger partial charge in [-0.3, -0.25) is 24.0 Å². The average molecular weight is 483 g/mol. The number of nitrogens with two attached hydrogens (primary N) is 1. The lowest BCUT2D eigenvalue weighted by Gasteiger charge is -2.24. The summed E-state index contributed by atoms with van der Waals surface area (Å²) in [6.45, 7) is 0.525. The van der Waals surface area contributed by atoms with Gasteiger partial charge in [0.1, 0.15) is 5.82 Å². The average Bonchev–Trinajstić information content (AvgIpc) is 3.20. The van der Waals surface area contributed by atoms with Crippen molar-refractivity contribution in [1.29, 1.82) is 0 Å². The number of aromatic nitrogens is 2. The van der Waals surface area contributed by atoms with E-state index < -0.39 is 11.2 Å². The number of carbonyl (C=O) groups is 1. The summed E-state index contributed by atoms with van der Waals surface area (Å²) in [6.07, 6.45) is 6.56. The Morgan fingerprint density at radius 2 is 1.88 bits per heavy atom. The van der Waals surface area contributed by atoms with Crippen LogP contribution in [0, 0.1) is 0 Å². The topological polar surface area (TPSA) is 110 Å². The van der Waals surface area contributed by atoms with Gasteiger partial charge in [0.05, 0.1) is 18.0 Å². The molecule has 0 radical (unpaired) electrons. The highest BCUT2D eigenvalue weighted by molar-refractivity contribution is 7.14. The summed E-state index contributed by atoms with van der Waals surface area (Å²) in [4.78, 5) is 44.7. The molecule has 1 aliphatic carbocycles. The first-order valence-electron chi connectivity index (χ1n) is 11.6. The van der Waals surface area contributed by atoms with Crippen molar-refractivity contribution in [2.45, 2.75) is 45.1 Å². The lowest BCUT2D eigenvalue weighted by Crippen LogP contribution is -2.42. The first kappa shape index (κ1) is 24.0. The van der Waals surface area contributed by atoms with Crippen LogP contribution in [0.5, 0.6) is 0 Å². The van der Waals surface area contributed by atoms with E-state index in [0.29, 0.717) is 4.88 Å². The SMILES string of the molecule is COCCN(C(=O)c1cc2c(s1)CCCCCC2)c1c(N)n(Cc2ccccc2)c(=O)[nH]c1=O. The summed E-state index contributed by atoms with van der Waals surface area (Å²) < 4.78 is 6.50. The summed E-state index contributed by atoms with van der Waals surface area (Å²) in [7, 11) is 1.53. The number of aryl methyl sites for hydroxylation is 2. The zero-order valence-electron chi connectivity index (χ0n) is 19.3. The third-order valence-electron chi connectivity index (χ3n) is 6.14. The number of ether oxygens (including phenoxy) is 1. The smallest absolute Gasteiger partial charge is 0.330 e. The molecule has 1 amide bonds. The van der Waals surface area contributed by atoms with Crippen LogP contribution in [0.3, 0.4) is 0 Å². The molecule has 0 saturated carbocycles. The Balaban J connectivity index is 1.75. The van der Waals surface area contributed by atoms with Crippen LogP contribution in [-0.4, -0.2) is 35.7 Å². The second kappa shape index (κ2) is 10.8. The summed E-state index contributed by atoms with van der Waals surface area (Å²) in [5.41, 5.74) is 7.10.